The van der Waals surface area contributed by atoms with Gasteiger partial charge in [-0.2, -0.15) is 0 Å². The second-order valence-electron chi connectivity index (χ2n) is 12.4. The third-order valence-corrected chi connectivity index (χ3v) is 10.8. The number of benzene rings is 7. The van der Waals surface area contributed by atoms with Crippen LogP contribution in [0.15, 0.2) is 161 Å². The van der Waals surface area contributed by atoms with Gasteiger partial charge < -0.3 is 9.73 Å². The monoisotopic (exact) mass is 635 g/mol. The van der Waals surface area contributed by atoms with Gasteiger partial charge in [0.25, 0.3) is 0 Å². The van der Waals surface area contributed by atoms with Crippen LogP contribution in [0.4, 0.5) is 0 Å². The number of fused-ring (bicyclic) bond motifs is 7. The van der Waals surface area contributed by atoms with Crippen LogP contribution in [0.2, 0.25) is 0 Å². The molecule has 48 heavy (non-hydrogen) atoms. The van der Waals surface area contributed by atoms with Crippen molar-refractivity contribution in [2.24, 2.45) is 4.99 Å². The topological polar surface area (TPSA) is 49.6 Å². The lowest BCUT2D eigenvalue weighted by atomic mass is 9.96. The number of hydrogen-bond donors (Lipinski definition) is 2. The van der Waals surface area contributed by atoms with E-state index in [1.165, 1.54) is 47.6 Å². The lowest BCUT2D eigenvalue weighted by Crippen LogP contribution is -2.45. The maximum atomic E-state index is 6.46. The number of rotatable bonds is 4. The number of nitrogens with one attached hydrogen (secondary N) is 2. The first kappa shape index (κ1) is 27.4. The quantitative estimate of drug-likeness (QED) is 0.202. The molecular formula is C43H29N3OS. The Morgan fingerprint density at radius 1 is 0.562 bits per heavy atom. The summed E-state index contributed by atoms with van der Waals surface area (Å²) in [5.41, 5.74) is 7.66. The number of nitrogens with zero attached hydrogens (tertiary/aromatic N) is 1. The molecule has 10 rings (SSSR count). The highest BCUT2D eigenvalue weighted by molar-refractivity contribution is 7.26. The van der Waals surface area contributed by atoms with Crippen LogP contribution in [0.3, 0.4) is 0 Å². The minimum absolute atomic E-state index is 0.141. The Hall–Kier alpha value is -5.75. The number of hydrogen-bond acceptors (Lipinski definition) is 5. The number of furan rings is 1. The number of thiophene rings is 1. The SMILES string of the molecule is c1ccc(C2=NC(c3ccccc3)NC(c3cccc4c3sc3c(-c5cccc6oc7cc8ccccc8cc7c56)cccc34)N2)cc1. The molecule has 1 aliphatic rings. The Kier molecular flexibility index (Phi) is 6.22. The smallest absolute Gasteiger partial charge is 0.136 e. The summed E-state index contributed by atoms with van der Waals surface area (Å²) in [5.74, 6) is 0.887. The average molecular weight is 636 g/mol. The molecule has 2 N–H and O–H groups in total. The van der Waals surface area contributed by atoms with E-state index >= 15 is 0 Å². The van der Waals surface area contributed by atoms with E-state index in [-0.39, 0.29) is 12.3 Å². The van der Waals surface area contributed by atoms with Crippen molar-refractivity contribution in [1.29, 1.82) is 0 Å². The maximum absolute atomic E-state index is 6.46. The molecule has 3 heterocycles. The predicted octanol–water partition coefficient (Wildman–Crippen LogP) is 11.1. The summed E-state index contributed by atoms with van der Waals surface area (Å²) in [6.07, 6.45) is -0.325. The summed E-state index contributed by atoms with van der Waals surface area (Å²) >= 11 is 1.87. The van der Waals surface area contributed by atoms with E-state index in [2.05, 4.69) is 156 Å². The van der Waals surface area contributed by atoms with Gasteiger partial charge in [0.05, 0.1) is 0 Å². The van der Waals surface area contributed by atoms with Crippen LogP contribution in [0.5, 0.6) is 0 Å². The molecule has 7 aromatic carbocycles. The second kappa shape index (κ2) is 10.9. The molecule has 0 saturated carbocycles. The van der Waals surface area contributed by atoms with E-state index in [0.29, 0.717) is 0 Å². The molecule has 0 saturated heterocycles. The number of amidine groups is 1. The Bertz CT molecular complexity index is 2690. The van der Waals surface area contributed by atoms with E-state index < -0.39 is 0 Å². The summed E-state index contributed by atoms with van der Waals surface area (Å²) in [4.78, 5) is 5.13. The van der Waals surface area contributed by atoms with Gasteiger partial charge >= 0.3 is 0 Å². The molecule has 228 valence electrons. The van der Waals surface area contributed by atoms with Gasteiger partial charge in [-0.3, -0.25) is 5.32 Å². The van der Waals surface area contributed by atoms with Crippen LogP contribution in [0.25, 0.3) is 64.0 Å². The van der Waals surface area contributed by atoms with Gasteiger partial charge in [0, 0.05) is 47.6 Å². The van der Waals surface area contributed by atoms with Gasteiger partial charge in [0.1, 0.15) is 29.3 Å². The average Bonchev–Trinajstić information content (AvgIpc) is 3.72. The molecule has 0 bridgehead atoms. The van der Waals surface area contributed by atoms with Crippen molar-refractivity contribution < 1.29 is 4.42 Å². The summed E-state index contributed by atoms with van der Waals surface area (Å²) < 4.78 is 9.00. The highest BCUT2D eigenvalue weighted by atomic mass is 32.1. The molecule has 2 atom stereocenters. The van der Waals surface area contributed by atoms with Gasteiger partial charge in [-0.1, -0.05) is 133 Å². The first-order valence-electron chi connectivity index (χ1n) is 16.3. The highest BCUT2D eigenvalue weighted by Gasteiger charge is 2.27. The third kappa shape index (κ3) is 4.36. The number of aliphatic imine (C=N–C) groups is 1. The van der Waals surface area contributed by atoms with E-state index in [9.17, 15) is 0 Å². The van der Waals surface area contributed by atoms with Crippen LogP contribution < -0.4 is 10.6 Å². The fourth-order valence-electron chi connectivity index (χ4n) is 7.28. The third-order valence-electron chi connectivity index (χ3n) is 9.55. The first-order chi connectivity index (χ1) is 23.8. The van der Waals surface area contributed by atoms with E-state index in [4.69, 9.17) is 9.41 Å². The summed E-state index contributed by atoms with van der Waals surface area (Å²) in [7, 11) is 0. The minimum atomic E-state index is -0.184. The van der Waals surface area contributed by atoms with E-state index in [1.807, 2.05) is 17.4 Å². The van der Waals surface area contributed by atoms with Gasteiger partial charge in [0.15, 0.2) is 0 Å². The summed E-state index contributed by atoms with van der Waals surface area (Å²) in [6, 6.07) is 53.6. The minimum Gasteiger partial charge on any atom is -0.456 e. The molecule has 2 aromatic heterocycles. The van der Waals surface area contributed by atoms with Crippen LogP contribution in [-0.4, -0.2) is 5.84 Å². The highest BCUT2D eigenvalue weighted by Crippen LogP contribution is 2.46. The Labute approximate surface area is 281 Å². The van der Waals surface area contributed by atoms with Crippen LogP contribution in [-0.2, 0) is 0 Å². The first-order valence-corrected chi connectivity index (χ1v) is 17.1. The Morgan fingerprint density at radius 2 is 1.25 bits per heavy atom. The van der Waals surface area contributed by atoms with Crippen molar-refractivity contribution in [2.45, 2.75) is 12.3 Å². The zero-order valence-corrected chi connectivity index (χ0v) is 26.7. The lowest BCUT2D eigenvalue weighted by Gasteiger charge is -2.32. The van der Waals surface area contributed by atoms with Crippen molar-refractivity contribution in [2.75, 3.05) is 0 Å². The zero-order chi connectivity index (χ0) is 31.6. The standard InChI is InChI=1S/C43H29N3OS/c1-3-12-26(13-4-1)41-44-42(27-14-5-2-6-15-27)46-43(45-41)34-22-10-21-33-32-20-9-19-31(39(32)48-40(33)34)30-18-11-23-36-38(30)35-24-28-16-7-8-17-29(28)25-37(35)47-36/h1-25,41,43,45H,(H,44,46). The molecule has 5 heteroatoms. The van der Waals surface area contributed by atoms with E-state index in [1.54, 1.807) is 0 Å². The zero-order valence-electron chi connectivity index (χ0n) is 25.9. The molecule has 0 amide bonds. The molecular weight excluding hydrogens is 607 g/mol. The molecule has 0 fully saturated rings. The largest absolute Gasteiger partial charge is 0.456 e. The molecule has 0 radical (unpaired) electrons. The van der Waals surface area contributed by atoms with Gasteiger partial charge in [-0.05, 0) is 40.1 Å². The fraction of sp³-hybridized carbons (Fsp3) is 0.0465. The molecule has 0 spiro atoms. The molecule has 2 unspecified atom stereocenters. The predicted molar refractivity (Wildman–Crippen MR) is 201 cm³/mol. The van der Waals surface area contributed by atoms with Crippen LogP contribution in [0.1, 0.15) is 29.0 Å². The van der Waals surface area contributed by atoms with Crippen LogP contribution in [0, 0.1) is 0 Å². The summed E-state index contributed by atoms with van der Waals surface area (Å²) in [6.45, 7) is 0. The fourth-order valence-corrected chi connectivity index (χ4v) is 8.66. The van der Waals surface area contributed by atoms with Crippen molar-refractivity contribution in [3.8, 4) is 11.1 Å². The van der Waals surface area contributed by atoms with Crippen LogP contribution >= 0.6 is 11.3 Å². The molecule has 4 nitrogen and oxygen atoms in total. The van der Waals surface area contributed by atoms with Gasteiger partial charge in [0.2, 0.25) is 0 Å². The molecule has 1 aliphatic heterocycles. The Morgan fingerprint density at radius 3 is 2.08 bits per heavy atom. The molecule has 0 aliphatic carbocycles. The van der Waals surface area contributed by atoms with Crippen molar-refractivity contribution in [3.05, 3.63) is 168 Å². The second-order valence-corrected chi connectivity index (χ2v) is 13.4. The Balaban J connectivity index is 1.15. The van der Waals surface area contributed by atoms with Crippen molar-refractivity contribution in [3.63, 3.8) is 0 Å². The molecule has 9 aromatic rings. The van der Waals surface area contributed by atoms with E-state index in [0.717, 1.165) is 38.9 Å². The van der Waals surface area contributed by atoms with Gasteiger partial charge in [-0.25, -0.2) is 4.99 Å². The lowest BCUT2D eigenvalue weighted by molar-refractivity contribution is 0.411. The van der Waals surface area contributed by atoms with Crippen molar-refractivity contribution in [1.82, 2.24) is 10.6 Å². The summed E-state index contributed by atoms with van der Waals surface area (Å²) in [5, 5.41) is 14.8. The maximum Gasteiger partial charge on any atom is 0.136 e. The van der Waals surface area contributed by atoms with Crippen molar-refractivity contribution >= 4 is 70.1 Å². The van der Waals surface area contributed by atoms with Gasteiger partial charge in [-0.15, -0.1) is 11.3 Å². The normalized spacial score (nSPS) is 16.5.